The van der Waals surface area contributed by atoms with E-state index in [-0.39, 0.29) is 24.6 Å². The molecular formula is C18H23N3O2. The highest BCUT2D eigenvalue weighted by atomic mass is 16.5. The quantitative estimate of drug-likeness (QED) is 0.834. The van der Waals surface area contributed by atoms with Gasteiger partial charge in [0, 0.05) is 19.0 Å². The summed E-state index contributed by atoms with van der Waals surface area (Å²) >= 11 is 0. The number of hydrogen-bond acceptors (Lipinski definition) is 3. The molecule has 0 saturated carbocycles. The van der Waals surface area contributed by atoms with E-state index in [9.17, 15) is 4.79 Å². The molecule has 1 aromatic heterocycles. The lowest BCUT2D eigenvalue weighted by molar-refractivity contribution is -0.126. The number of hydrogen-bond donors (Lipinski definition) is 1. The summed E-state index contributed by atoms with van der Waals surface area (Å²) in [6.45, 7) is 2.76. The van der Waals surface area contributed by atoms with Crippen molar-refractivity contribution in [2.75, 3.05) is 13.2 Å². The van der Waals surface area contributed by atoms with Crippen molar-refractivity contribution < 1.29 is 9.53 Å². The Bertz CT molecular complexity index is 639. The van der Waals surface area contributed by atoms with E-state index < -0.39 is 0 Å². The number of benzene rings is 1. The molecule has 5 heteroatoms. The van der Waals surface area contributed by atoms with Crippen molar-refractivity contribution in [3.8, 4) is 0 Å². The Balaban J connectivity index is 1.80. The zero-order valence-corrected chi connectivity index (χ0v) is 13.4. The van der Waals surface area contributed by atoms with Crippen molar-refractivity contribution >= 4 is 5.91 Å². The average molecular weight is 313 g/mol. The number of amides is 1. The summed E-state index contributed by atoms with van der Waals surface area (Å²) < 4.78 is 7.46. The largest absolute Gasteiger partial charge is 0.372 e. The normalized spacial score (nSPS) is 20.0. The maximum absolute atomic E-state index is 12.3. The minimum atomic E-state index is -0.0646. The Kier molecular flexibility index (Phi) is 5.08. The first kappa shape index (κ1) is 15.7. The lowest BCUT2D eigenvalue weighted by Gasteiger charge is -2.35. The fourth-order valence-corrected chi connectivity index (χ4v) is 3.23. The highest BCUT2D eigenvalue weighted by Gasteiger charge is 2.31. The molecule has 1 heterocycles. The summed E-state index contributed by atoms with van der Waals surface area (Å²) in [7, 11) is 0. The number of carbonyl (C=O) groups excluding carboxylic acids is 1. The first-order valence-electron chi connectivity index (χ1n) is 8.22. The highest BCUT2D eigenvalue weighted by Crippen LogP contribution is 2.37. The second-order valence-electron chi connectivity index (χ2n) is 5.91. The van der Waals surface area contributed by atoms with E-state index in [0.29, 0.717) is 6.61 Å². The second-order valence-corrected chi connectivity index (χ2v) is 5.91. The number of imidazole rings is 1. The van der Waals surface area contributed by atoms with Crippen molar-refractivity contribution in [1.29, 1.82) is 0 Å². The van der Waals surface area contributed by atoms with Crippen molar-refractivity contribution in [2.45, 2.75) is 38.3 Å². The number of rotatable bonds is 6. The Morgan fingerprint density at radius 2 is 2.30 bits per heavy atom. The number of aromatic nitrogens is 2. The molecule has 23 heavy (non-hydrogen) atoms. The third-order valence-corrected chi connectivity index (χ3v) is 4.29. The van der Waals surface area contributed by atoms with E-state index in [1.807, 2.05) is 25.5 Å². The van der Waals surface area contributed by atoms with Crippen LogP contribution in [-0.4, -0.2) is 28.7 Å². The summed E-state index contributed by atoms with van der Waals surface area (Å²) in [5.74, 6) is -0.0646. The van der Waals surface area contributed by atoms with Gasteiger partial charge in [-0.15, -0.1) is 0 Å². The molecule has 2 aromatic rings. The maximum Gasteiger partial charge on any atom is 0.246 e. The molecule has 0 saturated heterocycles. The number of fused-ring (bicyclic) bond motifs is 1. The molecule has 122 valence electrons. The van der Waals surface area contributed by atoms with Crippen molar-refractivity contribution in [3.05, 3.63) is 54.1 Å². The molecule has 1 aromatic carbocycles. The number of nitrogens with zero attached hydrogens (tertiary/aromatic N) is 2. The first-order chi connectivity index (χ1) is 11.3. The molecule has 0 bridgehead atoms. The van der Waals surface area contributed by atoms with Crippen molar-refractivity contribution in [3.63, 3.8) is 0 Å². The van der Waals surface area contributed by atoms with Crippen LogP contribution in [0.25, 0.3) is 0 Å². The lowest BCUT2D eigenvalue weighted by Crippen LogP contribution is -2.39. The smallest absolute Gasteiger partial charge is 0.246 e. The third kappa shape index (κ3) is 3.62. The van der Waals surface area contributed by atoms with Crippen LogP contribution in [0.3, 0.4) is 0 Å². The van der Waals surface area contributed by atoms with Gasteiger partial charge in [-0.05, 0) is 30.4 Å². The summed E-state index contributed by atoms with van der Waals surface area (Å²) in [4.78, 5) is 16.4. The SMILES string of the molecule is CCCOCC(=O)N[C@H]1c2ccccc2CC[C@H]1n1ccnc1. The zero-order valence-electron chi connectivity index (χ0n) is 13.4. The molecule has 1 aliphatic carbocycles. The Hall–Kier alpha value is -2.14. The summed E-state index contributed by atoms with van der Waals surface area (Å²) in [5, 5.41) is 3.16. The van der Waals surface area contributed by atoms with Gasteiger partial charge in [0.25, 0.3) is 0 Å². The van der Waals surface area contributed by atoms with Crippen LogP contribution < -0.4 is 5.32 Å². The van der Waals surface area contributed by atoms with Gasteiger partial charge >= 0.3 is 0 Å². The van der Waals surface area contributed by atoms with Crippen molar-refractivity contribution in [1.82, 2.24) is 14.9 Å². The molecule has 0 aliphatic heterocycles. The fourth-order valence-electron chi connectivity index (χ4n) is 3.23. The highest BCUT2D eigenvalue weighted by molar-refractivity contribution is 5.77. The number of nitrogens with one attached hydrogen (secondary N) is 1. The molecule has 0 spiro atoms. The molecule has 1 amide bonds. The van der Waals surface area contributed by atoms with Crippen LogP contribution in [0.2, 0.25) is 0 Å². The van der Waals surface area contributed by atoms with Gasteiger partial charge in [0.1, 0.15) is 6.61 Å². The van der Waals surface area contributed by atoms with E-state index in [1.54, 1.807) is 6.20 Å². The van der Waals surface area contributed by atoms with Gasteiger partial charge in [-0.2, -0.15) is 0 Å². The molecule has 0 radical (unpaired) electrons. The first-order valence-corrected chi connectivity index (χ1v) is 8.22. The van der Waals surface area contributed by atoms with Gasteiger partial charge in [0.05, 0.1) is 18.4 Å². The zero-order chi connectivity index (χ0) is 16.1. The standard InChI is InChI=1S/C18H23N3O2/c1-2-11-23-12-17(22)20-18-15-6-4-3-5-14(15)7-8-16(18)21-10-9-19-13-21/h3-6,9-10,13,16,18H,2,7-8,11-12H2,1H3,(H,20,22)/t16-,18+/m1/s1. The van der Waals surface area contributed by atoms with Crippen molar-refractivity contribution in [2.24, 2.45) is 0 Å². The van der Waals surface area contributed by atoms with E-state index in [0.717, 1.165) is 19.3 Å². The van der Waals surface area contributed by atoms with E-state index in [1.165, 1.54) is 11.1 Å². The number of carbonyl (C=O) groups is 1. The number of ether oxygens (including phenoxy) is 1. The third-order valence-electron chi connectivity index (χ3n) is 4.29. The molecule has 2 atom stereocenters. The number of aryl methyl sites for hydroxylation is 1. The van der Waals surface area contributed by atoms with Gasteiger partial charge in [-0.1, -0.05) is 31.2 Å². The van der Waals surface area contributed by atoms with Crippen LogP contribution in [0.1, 0.15) is 43.0 Å². The molecule has 0 unspecified atom stereocenters. The minimum Gasteiger partial charge on any atom is -0.372 e. The maximum atomic E-state index is 12.3. The van der Waals surface area contributed by atoms with Crippen LogP contribution >= 0.6 is 0 Å². The predicted molar refractivity (Wildman–Crippen MR) is 88.0 cm³/mol. The molecule has 1 N–H and O–H groups in total. The Morgan fingerprint density at radius 3 is 3.09 bits per heavy atom. The molecular weight excluding hydrogens is 290 g/mol. The molecule has 1 aliphatic rings. The Labute approximate surface area is 136 Å². The van der Waals surface area contributed by atoms with Gasteiger partial charge < -0.3 is 14.6 Å². The Morgan fingerprint density at radius 1 is 1.43 bits per heavy atom. The van der Waals surface area contributed by atoms with Crippen LogP contribution in [0, 0.1) is 0 Å². The monoisotopic (exact) mass is 313 g/mol. The van der Waals surface area contributed by atoms with Crippen LogP contribution in [0.5, 0.6) is 0 Å². The minimum absolute atomic E-state index is 0.0492. The lowest BCUT2D eigenvalue weighted by atomic mass is 9.84. The summed E-state index contributed by atoms with van der Waals surface area (Å²) in [5.41, 5.74) is 2.50. The van der Waals surface area contributed by atoms with E-state index in [4.69, 9.17) is 4.74 Å². The van der Waals surface area contributed by atoms with E-state index in [2.05, 4.69) is 33.1 Å². The molecule has 5 nitrogen and oxygen atoms in total. The van der Waals surface area contributed by atoms with E-state index >= 15 is 0 Å². The van der Waals surface area contributed by atoms with Gasteiger partial charge in [-0.3, -0.25) is 4.79 Å². The average Bonchev–Trinajstić information content (AvgIpc) is 3.10. The molecule has 3 rings (SSSR count). The fraction of sp³-hybridized carbons (Fsp3) is 0.444. The van der Waals surface area contributed by atoms with Gasteiger partial charge in [0.15, 0.2) is 0 Å². The second kappa shape index (κ2) is 7.42. The predicted octanol–water partition coefficient (Wildman–Crippen LogP) is 2.65. The summed E-state index contributed by atoms with van der Waals surface area (Å²) in [6.07, 6.45) is 8.48. The topological polar surface area (TPSA) is 56.1 Å². The van der Waals surface area contributed by atoms with Crippen LogP contribution in [0.15, 0.2) is 43.0 Å². The summed E-state index contributed by atoms with van der Waals surface area (Å²) in [6, 6.07) is 8.47. The molecule has 0 fully saturated rings. The van der Waals surface area contributed by atoms with Gasteiger partial charge in [-0.25, -0.2) is 4.98 Å². The van der Waals surface area contributed by atoms with Crippen LogP contribution in [0.4, 0.5) is 0 Å². The van der Waals surface area contributed by atoms with Crippen LogP contribution in [-0.2, 0) is 16.0 Å². The van der Waals surface area contributed by atoms with Gasteiger partial charge in [0.2, 0.25) is 5.91 Å².